The average Bonchev–Trinajstić information content (AvgIpc) is 2.28. The van der Waals surface area contributed by atoms with Crippen molar-refractivity contribution in [2.75, 3.05) is 13.6 Å². The Morgan fingerprint density at radius 2 is 2.24 bits per heavy atom. The van der Waals surface area contributed by atoms with Crippen LogP contribution in [0.3, 0.4) is 0 Å². The van der Waals surface area contributed by atoms with Crippen LogP contribution in [0.25, 0.3) is 0 Å². The van der Waals surface area contributed by atoms with Crippen molar-refractivity contribution in [2.45, 2.75) is 19.8 Å². The summed E-state index contributed by atoms with van der Waals surface area (Å²) in [4.78, 5) is 13.7. The summed E-state index contributed by atoms with van der Waals surface area (Å²) in [6.07, 6.45) is 3.62. The number of rotatable bonds is 5. The van der Waals surface area contributed by atoms with Crippen LogP contribution in [0.2, 0.25) is 0 Å². The number of halogens is 1. The molecule has 0 heterocycles. The molecule has 0 spiro atoms. The van der Waals surface area contributed by atoms with E-state index in [-0.39, 0.29) is 11.7 Å². The van der Waals surface area contributed by atoms with Gasteiger partial charge in [-0.15, -0.1) is 6.58 Å². The van der Waals surface area contributed by atoms with Crippen molar-refractivity contribution in [3.05, 3.63) is 47.8 Å². The van der Waals surface area contributed by atoms with Crippen LogP contribution in [0.15, 0.2) is 30.9 Å². The van der Waals surface area contributed by atoms with Gasteiger partial charge in [-0.1, -0.05) is 6.08 Å². The highest BCUT2D eigenvalue weighted by Gasteiger charge is 2.13. The molecular weight excluding hydrogens is 217 g/mol. The highest BCUT2D eigenvalue weighted by atomic mass is 19.1. The zero-order chi connectivity index (χ0) is 12.8. The molecule has 1 rings (SSSR count). The number of benzene rings is 1. The second-order valence-corrected chi connectivity index (χ2v) is 4.12. The molecule has 0 N–H and O–H groups in total. The summed E-state index contributed by atoms with van der Waals surface area (Å²) in [5.41, 5.74) is 1.23. The van der Waals surface area contributed by atoms with Crippen LogP contribution in [0.5, 0.6) is 0 Å². The molecule has 0 aromatic heterocycles. The van der Waals surface area contributed by atoms with Crippen LogP contribution in [-0.2, 0) is 0 Å². The SMILES string of the molecule is C=CCCCN(C)C(=O)c1ccc(F)cc1C. The zero-order valence-corrected chi connectivity index (χ0v) is 10.4. The Kier molecular flexibility index (Phi) is 4.88. The molecule has 0 bridgehead atoms. The summed E-state index contributed by atoms with van der Waals surface area (Å²) < 4.78 is 12.9. The number of hydrogen-bond acceptors (Lipinski definition) is 1. The maximum atomic E-state index is 12.9. The first kappa shape index (κ1) is 13.4. The normalized spacial score (nSPS) is 10.1. The fourth-order valence-corrected chi connectivity index (χ4v) is 1.65. The molecule has 1 amide bonds. The van der Waals surface area contributed by atoms with Gasteiger partial charge in [-0.2, -0.15) is 0 Å². The number of allylic oxidation sites excluding steroid dienone is 1. The minimum absolute atomic E-state index is 0.0634. The first-order valence-electron chi connectivity index (χ1n) is 5.68. The number of unbranched alkanes of at least 4 members (excludes halogenated alkanes) is 1. The Bertz CT molecular complexity index is 415. The summed E-state index contributed by atoms with van der Waals surface area (Å²) in [5, 5.41) is 0. The molecule has 0 fully saturated rings. The average molecular weight is 235 g/mol. The molecule has 0 saturated carbocycles. The molecule has 2 nitrogen and oxygen atoms in total. The van der Waals surface area contributed by atoms with E-state index in [1.165, 1.54) is 18.2 Å². The van der Waals surface area contributed by atoms with Gasteiger partial charge < -0.3 is 4.90 Å². The number of nitrogens with zero attached hydrogens (tertiary/aromatic N) is 1. The van der Waals surface area contributed by atoms with Gasteiger partial charge in [0.05, 0.1) is 0 Å². The maximum absolute atomic E-state index is 12.9. The minimum Gasteiger partial charge on any atom is -0.342 e. The standard InChI is InChI=1S/C14H18FNO/c1-4-5-6-9-16(3)14(17)13-8-7-12(15)10-11(13)2/h4,7-8,10H,1,5-6,9H2,2-3H3. The number of carbonyl (C=O) groups excluding carboxylic acids is 1. The van der Waals surface area contributed by atoms with Crippen molar-refractivity contribution < 1.29 is 9.18 Å². The molecule has 1 aromatic carbocycles. The predicted molar refractivity (Wildman–Crippen MR) is 67.5 cm³/mol. The van der Waals surface area contributed by atoms with E-state index in [2.05, 4.69) is 6.58 Å². The van der Waals surface area contributed by atoms with Crippen LogP contribution in [0, 0.1) is 12.7 Å². The van der Waals surface area contributed by atoms with Gasteiger partial charge in [0.25, 0.3) is 5.91 Å². The molecule has 0 aliphatic heterocycles. The van der Waals surface area contributed by atoms with Crippen LogP contribution in [0.4, 0.5) is 4.39 Å². The lowest BCUT2D eigenvalue weighted by atomic mass is 10.1. The molecule has 0 unspecified atom stereocenters. The van der Waals surface area contributed by atoms with Crippen molar-refractivity contribution in [3.8, 4) is 0 Å². The number of hydrogen-bond donors (Lipinski definition) is 0. The summed E-state index contributed by atoms with van der Waals surface area (Å²) in [7, 11) is 1.76. The number of carbonyl (C=O) groups is 1. The largest absolute Gasteiger partial charge is 0.342 e. The molecule has 17 heavy (non-hydrogen) atoms. The van der Waals surface area contributed by atoms with Gasteiger partial charge in [-0.05, 0) is 43.5 Å². The van der Waals surface area contributed by atoms with Crippen LogP contribution in [0.1, 0.15) is 28.8 Å². The summed E-state index contributed by atoms with van der Waals surface area (Å²) in [6.45, 7) is 6.07. The monoisotopic (exact) mass is 235 g/mol. The van der Waals surface area contributed by atoms with Crippen molar-refractivity contribution in [1.82, 2.24) is 4.90 Å². The third kappa shape index (κ3) is 3.70. The van der Waals surface area contributed by atoms with E-state index in [9.17, 15) is 9.18 Å². The molecule has 1 aromatic rings. The van der Waals surface area contributed by atoms with Gasteiger partial charge in [0.1, 0.15) is 5.82 Å². The van der Waals surface area contributed by atoms with E-state index in [4.69, 9.17) is 0 Å². The first-order chi connectivity index (χ1) is 8.06. The van der Waals surface area contributed by atoms with Crippen molar-refractivity contribution >= 4 is 5.91 Å². The van der Waals surface area contributed by atoms with Crippen molar-refractivity contribution in [3.63, 3.8) is 0 Å². The van der Waals surface area contributed by atoms with Gasteiger partial charge in [-0.3, -0.25) is 4.79 Å². The lowest BCUT2D eigenvalue weighted by molar-refractivity contribution is 0.0793. The molecular formula is C14H18FNO. The molecule has 0 aliphatic carbocycles. The molecule has 0 saturated heterocycles. The molecule has 0 aliphatic rings. The minimum atomic E-state index is -0.312. The van der Waals surface area contributed by atoms with Crippen molar-refractivity contribution in [1.29, 1.82) is 0 Å². The molecule has 0 atom stereocenters. The smallest absolute Gasteiger partial charge is 0.253 e. The van der Waals surface area contributed by atoms with E-state index in [1.807, 2.05) is 6.08 Å². The quantitative estimate of drug-likeness (QED) is 0.567. The molecule has 92 valence electrons. The van der Waals surface area contributed by atoms with E-state index in [1.54, 1.807) is 18.9 Å². The second kappa shape index (κ2) is 6.18. The first-order valence-corrected chi connectivity index (χ1v) is 5.68. The Labute approximate surface area is 102 Å². The third-order valence-corrected chi connectivity index (χ3v) is 2.67. The molecule has 3 heteroatoms. The topological polar surface area (TPSA) is 20.3 Å². The maximum Gasteiger partial charge on any atom is 0.253 e. The summed E-state index contributed by atoms with van der Waals surface area (Å²) in [6, 6.07) is 4.24. The highest BCUT2D eigenvalue weighted by molar-refractivity contribution is 5.95. The summed E-state index contributed by atoms with van der Waals surface area (Å²) in [5.74, 6) is -0.375. The van der Waals surface area contributed by atoms with E-state index < -0.39 is 0 Å². The van der Waals surface area contributed by atoms with Crippen molar-refractivity contribution in [2.24, 2.45) is 0 Å². The fraction of sp³-hybridized carbons (Fsp3) is 0.357. The summed E-state index contributed by atoms with van der Waals surface area (Å²) >= 11 is 0. The van der Waals surface area contributed by atoms with E-state index in [0.29, 0.717) is 17.7 Å². The predicted octanol–water partition coefficient (Wildman–Crippen LogP) is 3.17. The van der Waals surface area contributed by atoms with E-state index in [0.717, 1.165) is 12.8 Å². The van der Waals surface area contributed by atoms with Gasteiger partial charge >= 0.3 is 0 Å². The van der Waals surface area contributed by atoms with Crippen LogP contribution >= 0.6 is 0 Å². The zero-order valence-electron chi connectivity index (χ0n) is 10.4. The Morgan fingerprint density at radius 3 is 2.82 bits per heavy atom. The molecule has 0 radical (unpaired) electrons. The van der Waals surface area contributed by atoms with Gasteiger partial charge in [0, 0.05) is 19.2 Å². The highest BCUT2D eigenvalue weighted by Crippen LogP contribution is 2.12. The Morgan fingerprint density at radius 1 is 1.53 bits per heavy atom. The van der Waals surface area contributed by atoms with Gasteiger partial charge in [0.15, 0.2) is 0 Å². The lowest BCUT2D eigenvalue weighted by Crippen LogP contribution is -2.28. The van der Waals surface area contributed by atoms with E-state index >= 15 is 0 Å². The van der Waals surface area contributed by atoms with Crippen LogP contribution in [-0.4, -0.2) is 24.4 Å². The van der Waals surface area contributed by atoms with Gasteiger partial charge in [0.2, 0.25) is 0 Å². The van der Waals surface area contributed by atoms with Gasteiger partial charge in [-0.25, -0.2) is 4.39 Å². The second-order valence-electron chi connectivity index (χ2n) is 4.12. The Hall–Kier alpha value is -1.64. The lowest BCUT2D eigenvalue weighted by Gasteiger charge is -2.17. The van der Waals surface area contributed by atoms with Crippen LogP contribution < -0.4 is 0 Å². The number of aryl methyl sites for hydroxylation is 1. The Balaban J connectivity index is 2.71. The number of amides is 1. The third-order valence-electron chi connectivity index (χ3n) is 2.67. The fourth-order valence-electron chi connectivity index (χ4n) is 1.65.